The molecule has 7 heteroatoms. The molecule has 0 aromatic rings. The van der Waals surface area contributed by atoms with E-state index in [1.807, 2.05) is 0 Å². The van der Waals surface area contributed by atoms with Crippen LogP contribution in [0, 0.1) is 0 Å². The Hall–Kier alpha value is -2.44. The molecule has 0 aromatic heterocycles. The molecule has 0 saturated carbocycles. The van der Waals surface area contributed by atoms with E-state index in [2.05, 4.69) is 4.74 Å². The number of carboxylic acids is 2. The number of rotatable bonds is 6. The maximum Gasteiger partial charge on any atom is 0.338 e. The highest BCUT2D eigenvalue weighted by Gasteiger charge is 2.03. The molecule has 0 heterocycles. The van der Waals surface area contributed by atoms with Crippen molar-refractivity contribution in [2.24, 2.45) is 0 Å². The van der Waals surface area contributed by atoms with Gasteiger partial charge in [-0.05, 0) is 0 Å². The van der Waals surface area contributed by atoms with Gasteiger partial charge in [-0.25, -0.2) is 9.59 Å². The van der Waals surface area contributed by atoms with Gasteiger partial charge in [0.05, 0.1) is 12.8 Å². The van der Waals surface area contributed by atoms with Crippen molar-refractivity contribution in [1.82, 2.24) is 0 Å². The van der Waals surface area contributed by atoms with Gasteiger partial charge in [-0.15, -0.1) is 0 Å². The number of aliphatic carboxylic acids is 2. The summed E-state index contributed by atoms with van der Waals surface area (Å²) in [4.78, 5) is 41.9. The summed E-state index contributed by atoms with van der Waals surface area (Å²) in [5, 5.41) is 16.5. The number of carboxylic acid groups (broad SMARTS) is 2. The van der Waals surface area contributed by atoms with Crippen LogP contribution in [0.5, 0.6) is 0 Å². The number of hydrogen-bond donors (Lipinski definition) is 2. The average Bonchev–Trinajstić information content (AvgIpc) is 2.15. The van der Waals surface area contributed by atoms with Gasteiger partial charge in [0.2, 0.25) is 0 Å². The summed E-state index contributed by atoms with van der Waals surface area (Å²) in [6.07, 6.45) is 2.93. The first kappa shape index (κ1) is 14.6. The van der Waals surface area contributed by atoms with E-state index in [1.165, 1.54) is 0 Å². The van der Waals surface area contributed by atoms with Crippen LogP contribution >= 0.6 is 0 Å². The van der Waals surface area contributed by atoms with Gasteiger partial charge in [0.1, 0.15) is 0 Å². The molecule has 0 aromatic carbocycles. The predicted molar refractivity (Wildman–Crippen MR) is 53.9 cm³/mol. The van der Waals surface area contributed by atoms with Crippen LogP contribution in [0.2, 0.25) is 0 Å². The second-order valence-electron chi connectivity index (χ2n) is 2.74. The fourth-order valence-electron chi connectivity index (χ4n) is 0.679. The van der Waals surface area contributed by atoms with Gasteiger partial charge in [-0.3, -0.25) is 9.59 Å². The number of carbonyl (C=O) groups is 4. The van der Waals surface area contributed by atoms with E-state index in [4.69, 9.17) is 10.2 Å². The van der Waals surface area contributed by atoms with Crippen molar-refractivity contribution in [2.45, 2.75) is 12.8 Å². The molecule has 0 radical (unpaired) electrons. The zero-order valence-corrected chi connectivity index (χ0v) is 8.66. The summed E-state index contributed by atoms with van der Waals surface area (Å²) < 4.78 is 4.18. The van der Waals surface area contributed by atoms with E-state index in [-0.39, 0.29) is 12.8 Å². The number of hydrogen-bond acceptors (Lipinski definition) is 5. The predicted octanol–water partition coefficient (Wildman–Crippen LogP) is 0.118. The summed E-state index contributed by atoms with van der Waals surface area (Å²) >= 11 is 0. The topological polar surface area (TPSA) is 118 Å². The minimum atomic E-state index is -1.12. The zero-order valence-electron chi connectivity index (χ0n) is 8.66. The third-order valence-corrected chi connectivity index (χ3v) is 1.29. The first-order valence-corrected chi connectivity index (χ1v) is 4.44. The Labute approximate surface area is 96.0 Å². The molecule has 0 aliphatic carbocycles. The molecule has 0 fully saturated rings. The van der Waals surface area contributed by atoms with Crippen LogP contribution in [-0.4, -0.2) is 34.1 Å². The minimum absolute atomic E-state index is 0.363. The smallest absolute Gasteiger partial charge is 0.338 e. The number of carbonyl (C=O) groups excluding carboxylic acids is 2. The SMILES string of the molecule is O=C(O)C/C=C/C(=O)OC(=O)/C=C/CC(=O)O. The van der Waals surface area contributed by atoms with Crippen molar-refractivity contribution in [2.75, 3.05) is 0 Å². The second kappa shape index (κ2) is 7.80. The Morgan fingerprint density at radius 3 is 1.47 bits per heavy atom. The van der Waals surface area contributed by atoms with Crippen molar-refractivity contribution in [3.05, 3.63) is 24.3 Å². The van der Waals surface area contributed by atoms with Crippen LogP contribution in [0.1, 0.15) is 12.8 Å². The Morgan fingerprint density at radius 2 is 1.18 bits per heavy atom. The van der Waals surface area contributed by atoms with Crippen molar-refractivity contribution in [3.63, 3.8) is 0 Å². The molecule has 0 saturated heterocycles. The summed E-state index contributed by atoms with van der Waals surface area (Å²) in [5.74, 6) is -4.28. The highest BCUT2D eigenvalue weighted by atomic mass is 16.6. The summed E-state index contributed by atoms with van der Waals surface area (Å²) in [6, 6.07) is 0. The molecule has 0 atom stereocenters. The van der Waals surface area contributed by atoms with Crippen molar-refractivity contribution in [3.8, 4) is 0 Å². The highest BCUT2D eigenvalue weighted by molar-refractivity contribution is 5.96. The van der Waals surface area contributed by atoms with Crippen LogP contribution < -0.4 is 0 Å². The van der Waals surface area contributed by atoms with E-state index < -0.39 is 23.9 Å². The summed E-state index contributed by atoms with van der Waals surface area (Å²) in [6.45, 7) is 0. The van der Waals surface area contributed by atoms with Crippen LogP contribution in [0.15, 0.2) is 24.3 Å². The molecule has 0 unspecified atom stereocenters. The first-order valence-electron chi connectivity index (χ1n) is 4.44. The summed E-state index contributed by atoms with van der Waals surface area (Å²) in [5.41, 5.74) is 0. The third kappa shape index (κ3) is 9.85. The molecular weight excluding hydrogens is 232 g/mol. The standard InChI is InChI=1S/C10H10O7/c11-7(12)3-1-5-9(15)17-10(16)6-2-4-8(13)14/h1-2,5-6H,3-4H2,(H,11,12)(H,13,14)/b5-1+,6-2+. The molecule has 0 spiro atoms. The molecule has 0 amide bonds. The first-order chi connectivity index (χ1) is 7.91. The zero-order chi connectivity index (χ0) is 13.3. The van der Waals surface area contributed by atoms with Crippen LogP contribution in [0.4, 0.5) is 0 Å². The molecule has 0 aliphatic heterocycles. The van der Waals surface area contributed by atoms with Crippen LogP contribution in [0.25, 0.3) is 0 Å². The fourth-order valence-corrected chi connectivity index (χ4v) is 0.679. The Morgan fingerprint density at radius 1 is 0.824 bits per heavy atom. The van der Waals surface area contributed by atoms with Gasteiger partial charge in [0.15, 0.2) is 0 Å². The fraction of sp³-hybridized carbons (Fsp3) is 0.200. The Balaban J connectivity index is 4.00. The van der Waals surface area contributed by atoms with E-state index in [0.29, 0.717) is 0 Å². The number of ether oxygens (including phenoxy) is 1. The molecule has 17 heavy (non-hydrogen) atoms. The lowest BCUT2D eigenvalue weighted by Gasteiger charge is -1.93. The van der Waals surface area contributed by atoms with E-state index in [1.54, 1.807) is 0 Å². The molecule has 2 N–H and O–H groups in total. The summed E-state index contributed by atoms with van der Waals surface area (Å²) in [7, 11) is 0. The van der Waals surface area contributed by atoms with Crippen LogP contribution in [0.3, 0.4) is 0 Å². The van der Waals surface area contributed by atoms with E-state index >= 15 is 0 Å². The van der Waals surface area contributed by atoms with Crippen molar-refractivity contribution in [1.29, 1.82) is 0 Å². The van der Waals surface area contributed by atoms with Gasteiger partial charge >= 0.3 is 23.9 Å². The van der Waals surface area contributed by atoms with Gasteiger partial charge in [0, 0.05) is 12.2 Å². The maximum absolute atomic E-state index is 10.9. The minimum Gasteiger partial charge on any atom is -0.481 e. The Bertz CT molecular complexity index is 342. The largest absolute Gasteiger partial charge is 0.481 e. The average molecular weight is 242 g/mol. The third-order valence-electron chi connectivity index (χ3n) is 1.29. The molecular formula is C10H10O7. The normalized spacial score (nSPS) is 10.6. The molecule has 0 aliphatic rings. The van der Waals surface area contributed by atoms with Crippen LogP contribution in [-0.2, 0) is 23.9 Å². The lowest BCUT2D eigenvalue weighted by Crippen LogP contribution is -2.07. The molecule has 0 rings (SSSR count). The lowest BCUT2D eigenvalue weighted by atomic mass is 10.4. The number of esters is 2. The quantitative estimate of drug-likeness (QED) is 0.385. The molecule has 7 nitrogen and oxygen atoms in total. The van der Waals surface area contributed by atoms with Gasteiger partial charge in [-0.2, -0.15) is 0 Å². The maximum atomic E-state index is 10.9. The molecule has 0 bridgehead atoms. The molecule has 92 valence electrons. The lowest BCUT2D eigenvalue weighted by molar-refractivity contribution is -0.152. The highest BCUT2D eigenvalue weighted by Crippen LogP contribution is 1.90. The van der Waals surface area contributed by atoms with Gasteiger partial charge in [-0.1, -0.05) is 12.2 Å². The van der Waals surface area contributed by atoms with Gasteiger partial charge in [0.25, 0.3) is 0 Å². The van der Waals surface area contributed by atoms with E-state index in [9.17, 15) is 19.2 Å². The van der Waals surface area contributed by atoms with E-state index in [0.717, 1.165) is 24.3 Å². The van der Waals surface area contributed by atoms with Crippen molar-refractivity contribution >= 4 is 23.9 Å². The Kier molecular flexibility index (Phi) is 6.68. The second-order valence-corrected chi connectivity index (χ2v) is 2.74. The monoisotopic (exact) mass is 242 g/mol. The van der Waals surface area contributed by atoms with Gasteiger partial charge < -0.3 is 14.9 Å². The van der Waals surface area contributed by atoms with Crippen molar-refractivity contribution < 1.29 is 34.1 Å².